The van der Waals surface area contributed by atoms with Gasteiger partial charge in [0.25, 0.3) is 0 Å². The van der Waals surface area contributed by atoms with Crippen LogP contribution in [-0.2, 0) is 29.5 Å². The first-order valence-corrected chi connectivity index (χ1v) is 8.62. The Hall–Kier alpha value is -1.01. The lowest BCUT2D eigenvalue weighted by Crippen LogP contribution is -2.26. The Labute approximate surface area is 134 Å². The monoisotopic (exact) mass is 346 g/mol. The smallest absolute Gasteiger partial charge is 0.244 e. The number of nitrogens with zero attached hydrogens (tertiary/aromatic N) is 2. The van der Waals surface area contributed by atoms with Gasteiger partial charge in [0.2, 0.25) is 10.0 Å². The molecule has 0 amide bonds. The Morgan fingerprint density at radius 3 is 2.57 bits per heavy atom. The Bertz CT molecular complexity index is 741. The molecule has 0 saturated heterocycles. The quantitative estimate of drug-likeness (QED) is 0.780. The molecule has 0 spiro atoms. The zero-order valence-corrected chi connectivity index (χ0v) is 14.1. The maximum Gasteiger partial charge on any atom is 0.244 e. The molecule has 2 rings (SSSR count). The lowest BCUT2D eigenvalue weighted by molar-refractivity contribution is 0.466. The molecule has 1 aromatic heterocycles. The fraction of sp³-hybridized carbons (Fsp3) is 0.286. The third kappa shape index (κ3) is 3.61. The Balaban J connectivity index is 2.26. The number of aryl methyl sites for hydroxylation is 1. The Morgan fingerprint density at radius 2 is 2.00 bits per heavy atom. The first kappa shape index (κ1) is 16.4. The molecule has 0 atom stereocenters. The van der Waals surface area contributed by atoms with Gasteiger partial charge in [-0.3, -0.25) is 0 Å². The maximum atomic E-state index is 12.5. The second kappa shape index (κ2) is 6.40. The molecule has 2 aromatic rings. The van der Waals surface area contributed by atoms with E-state index in [2.05, 4.69) is 0 Å². The van der Waals surface area contributed by atoms with Gasteiger partial charge < -0.3 is 4.57 Å². The highest BCUT2D eigenvalue weighted by Crippen LogP contribution is 2.21. The van der Waals surface area contributed by atoms with Crippen LogP contribution >= 0.6 is 23.2 Å². The number of rotatable bonds is 5. The minimum Gasteiger partial charge on any atom is -0.352 e. The van der Waals surface area contributed by atoms with Crippen LogP contribution in [0.15, 0.2) is 41.4 Å². The summed E-state index contributed by atoms with van der Waals surface area (Å²) in [7, 11) is -0.234. The van der Waals surface area contributed by atoms with Gasteiger partial charge in [-0.05, 0) is 23.8 Å². The minimum absolute atomic E-state index is 0.241. The van der Waals surface area contributed by atoms with Crippen LogP contribution in [0, 0.1) is 0 Å². The second-order valence-electron chi connectivity index (χ2n) is 4.80. The van der Waals surface area contributed by atoms with Crippen molar-refractivity contribution < 1.29 is 8.42 Å². The third-order valence-corrected chi connectivity index (χ3v) is 5.50. The van der Waals surface area contributed by atoms with Crippen LogP contribution in [0.4, 0.5) is 0 Å². The summed E-state index contributed by atoms with van der Waals surface area (Å²) in [4.78, 5) is 0.241. The molecule has 0 aliphatic heterocycles. The molecule has 0 aliphatic rings. The summed E-state index contributed by atoms with van der Waals surface area (Å²) < 4.78 is 28.1. The number of hydrogen-bond acceptors (Lipinski definition) is 2. The SMILES string of the molecule is CN(Cc1cccc(Cl)c1)S(=O)(=O)c1cc(CCl)n(C)c1. The van der Waals surface area contributed by atoms with Gasteiger partial charge in [-0.2, -0.15) is 4.31 Å². The lowest BCUT2D eigenvalue weighted by Gasteiger charge is -2.16. The maximum absolute atomic E-state index is 12.5. The third-order valence-electron chi connectivity index (χ3n) is 3.22. The largest absolute Gasteiger partial charge is 0.352 e. The van der Waals surface area contributed by atoms with Gasteiger partial charge in [-0.1, -0.05) is 23.7 Å². The van der Waals surface area contributed by atoms with Crippen LogP contribution in [0.2, 0.25) is 5.02 Å². The highest BCUT2D eigenvalue weighted by atomic mass is 35.5. The molecule has 0 N–H and O–H groups in total. The minimum atomic E-state index is -3.55. The van der Waals surface area contributed by atoms with E-state index in [0.717, 1.165) is 11.3 Å². The molecule has 7 heteroatoms. The number of alkyl halides is 1. The van der Waals surface area contributed by atoms with Gasteiger partial charge >= 0.3 is 0 Å². The second-order valence-corrected chi connectivity index (χ2v) is 7.55. The summed E-state index contributed by atoms with van der Waals surface area (Å²) in [5.74, 6) is 0.268. The van der Waals surface area contributed by atoms with Crippen LogP contribution in [-0.4, -0.2) is 24.3 Å². The molecule has 0 fully saturated rings. The normalized spacial score (nSPS) is 12.0. The van der Waals surface area contributed by atoms with Crippen LogP contribution in [0.5, 0.6) is 0 Å². The zero-order valence-electron chi connectivity index (χ0n) is 11.8. The molecule has 4 nitrogen and oxygen atoms in total. The molecule has 1 heterocycles. The van der Waals surface area contributed by atoms with E-state index in [1.165, 1.54) is 4.31 Å². The molecule has 0 unspecified atom stereocenters. The fourth-order valence-corrected chi connectivity index (χ4v) is 3.74. The first-order valence-electron chi connectivity index (χ1n) is 6.26. The fourth-order valence-electron chi connectivity index (χ4n) is 2.01. The zero-order chi connectivity index (χ0) is 15.6. The van der Waals surface area contributed by atoms with Crippen LogP contribution < -0.4 is 0 Å². The first-order chi connectivity index (χ1) is 9.84. The standard InChI is InChI=1S/C14H16Cl2N2O2S/c1-17-10-14(7-13(17)8-15)21(19,20)18(2)9-11-4-3-5-12(16)6-11/h3-7,10H,8-9H2,1-2H3. The van der Waals surface area contributed by atoms with Gasteiger partial charge in [-0.15, -0.1) is 11.6 Å². The summed E-state index contributed by atoms with van der Waals surface area (Å²) >= 11 is 11.7. The van der Waals surface area contributed by atoms with E-state index in [0.29, 0.717) is 5.02 Å². The van der Waals surface area contributed by atoms with Crippen molar-refractivity contribution in [1.82, 2.24) is 8.87 Å². The summed E-state index contributed by atoms with van der Waals surface area (Å²) in [6.45, 7) is 0.258. The average molecular weight is 347 g/mol. The Kier molecular flexibility index (Phi) is 4.99. The number of aromatic nitrogens is 1. The van der Waals surface area contributed by atoms with E-state index in [-0.39, 0.29) is 17.3 Å². The molecule has 0 bridgehead atoms. The van der Waals surface area contributed by atoms with E-state index in [9.17, 15) is 8.42 Å². The molecular weight excluding hydrogens is 331 g/mol. The van der Waals surface area contributed by atoms with E-state index in [1.807, 2.05) is 6.07 Å². The molecule has 0 radical (unpaired) electrons. The predicted molar refractivity (Wildman–Crippen MR) is 85.1 cm³/mol. The number of benzene rings is 1. The van der Waals surface area contributed by atoms with E-state index < -0.39 is 10.0 Å². The number of halogens is 2. The molecular formula is C14H16Cl2N2O2S. The van der Waals surface area contributed by atoms with Gasteiger partial charge in [0.15, 0.2) is 0 Å². The van der Waals surface area contributed by atoms with Crippen molar-refractivity contribution in [3.8, 4) is 0 Å². The summed E-state index contributed by atoms with van der Waals surface area (Å²) in [6, 6.07) is 8.74. The molecule has 0 aliphatic carbocycles. The molecule has 21 heavy (non-hydrogen) atoms. The van der Waals surface area contributed by atoms with Gasteiger partial charge in [0.1, 0.15) is 4.90 Å². The summed E-state index contributed by atoms with van der Waals surface area (Å²) in [6.07, 6.45) is 1.57. The predicted octanol–water partition coefficient (Wildman–Crippen LogP) is 3.24. The van der Waals surface area contributed by atoms with E-state index >= 15 is 0 Å². The highest BCUT2D eigenvalue weighted by molar-refractivity contribution is 7.89. The molecule has 1 aromatic carbocycles. The van der Waals surface area contributed by atoms with Crippen LogP contribution in [0.1, 0.15) is 11.3 Å². The lowest BCUT2D eigenvalue weighted by atomic mass is 10.2. The van der Waals surface area contributed by atoms with Crippen molar-refractivity contribution in [2.45, 2.75) is 17.3 Å². The summed E-state index contributed by atoms with van der Waals surface area (Å²) in [5.41, 5.74) is 1.59. The Morgan fingerprint density at radius 1 is 1.29 bits per heavy atom. The topological polar surface area (TPSA) is 42.3 Å². The van der Waals surface area contributed by atoms with Crippen molar-refractivity contribution in [2.24, 2.45) is 7.05 Å². The van der Waals surface area contributed by atoms with Crippen LogP contribution in [0.25, 0.3) is 0 Å². The molecule has 0 saturated carbocycles. The van der Waals surface area contributed by atoms with Gasteiger partial charge in [-0.25, -0.2) is 8.42 Å². The van der Waals surface area contributed by atoms with Crippen molar-refractivity contribution in [3.05, 3.63) is 52.8 Å². The van der Waals surface area contributed by atoms with Crippen molar-refractivity contribution in [2.75, 3.05) is 7.05 Å². The summed E-state index contributed by atoms with van der Waals surface area (Å²) in [5, 5.41) is 0.586. The number of hydrogen-bond donors (Lipinski definition) is 0. The molecule has 114 valence electrons. The van der Waals surface area contributed by atoms with Gasteiger partial charge in [0, 0.05) is 37.6 Å². The van der Waals surface area contributed by atoms with Crippen LogP contribution in [0.3, 0.4) is 0 Å². The van der Waals surface area contributed by atoms with Crippen molar-refractivity contribution >= 4 is 33.2 Å². The van der Waals surface area contributed by atoms with Gasteiger partial charge in [0.05, 0.1) is 5.88 Å². The number of sulfonamides is 1. The highest BCUT2D eigenvalue weighted by Gasteiger charge is 2.23. The van der Waals surface area contributed by atoms with E-state index in [1.54, 1.807) is 49.1 Å². The van der Waals surface area contributed by atoms with Crippen molar-refractivity contribution in [1.29, 1.82) is 0 Å². The van der Waals surface area contributed by atoms with Crippen molar-refractivity contribution in [3.63, 3.8) is 0 Å². The average Bonchev–Trinajstić information content (AvgIpc) is 2.80. The van der Waals surface area contributed by atoms with E-state index in [4.69, 9.17) is 23.2 Å².